The highest BCUT2D eigenvalue weighted by Crippen LogP contribution is 2.31. The van der Waals surface area contributed by atoms with Crippen LogP contribution in [0.15, 0.2) is 42.5 Å². The van der Waals surface area contributed by atoms with Crippen molar-refractivity contribution in [2.24, 2.45) is 0 Å². The predicted octanol–water partition coefficient (Wildman–Crippen LogP) is 5.89. The van der Waals surface area contributed by atoms with Crippen molar-refractivity contribution in [3.05, 3.63) is 64.3 Å². The number of nitrogens with one attached hydrogen (secondary N) is 1. The Morgan fingerprint density at radius 1 is 1.15 bits per heavy atom. The molecule has 1 amide bonds. The number of carbonyl (C=O) groups excluding carboxylic acids is 1. The van der Waals surface area contributed by atoms with Gasteiger partial charge in [-0.25, -0.2) is 0 Å². The molecule has 0 aliphatic carbocycles. The van der Waals surface area contributed by atoms with Gasteiger partial charge in [0.05, 0.1) is 5.56 Å². The lowest BCUT2D eigenvalue weighted by Gasteiger charge is -2.11. The van der Waals surface area contributed by atoms with E-state index in [1.54, 1.807) is 12.1 Å². The zero-order valence-electron chi connectivity index (χ0n) is 14.1. The van der Waals surface area contributed by atoms with Gasteiger partial charge in [-0.2, -0.15) is 13.2 Å². The number of fused-ring (bicyclic) bond motifs is 1. The summed E-state index contributed by atoms with van der Waals surface area (Å²) < 4.78 is 39.8. The Bertz CT molecular complexity index is 975. The minimum atomic E-state index is -4.41. The number of hydrogen-bond acceptors (Lipinski definition) is 1. The van der Waals surface area contributed by atoms with Gasteiger partial charge in [-0.15, -0.1) is 0 Å². The van der Waals surface area contributed by atoms with Crippen LogP contribution in [0.25, 0.3) is 10.9 Å². The van der Waals surface area contributed by atoms with Crippen LogP contribution in [0.2, 0.25) is 5.02 Å². The summed E-state index contributed by atoms with van der Waals surface area (Å²) in [5.74, 6) is -0.378. The molecule has 3 nitrogen and oxygen atoms in total. The maximum absolute atomic E-state index is 12.8. The number of rotatable bonds is 3. The fraction of sp³-hybridized carbons (Fsp3) is 0.211. The predicted molar refractivity (Wildman–Crippen MR) is 96.8 cm³/mol. The van der Waals surface area contributed by atoms with Crippen LogP contribution in [-0.4, -0.2) is 10.5 Å². The average molecular weight is 381 g/mol. The second kappa shape index (κ2) is 6.68. The van der Waals surface area contributed by atoms with E-state index in [2.05, 4.69) is 5.32 Å². The molecule has 1 aromatic heterocycles. The molecule has 0 atom stereocenters. The number of halogens is 4. The minimum absolute atomic E-state index is 0.299. The molecule has 1 heterocycles. The van der Waals surface area contributed by atoms with Crippen LogP contribution in [0.5, 0.6) is 0 Å². The van der Waals surface area contributed by atoms with E-state index in [0.717, 1.165) is 28.6 Å². The first-order valence-electron chi connectivity index (χ1n) is 7.99. The average Bonchev–Trinajstić information content (AvgIpc) is 2.86. The van der Waals surface area contributed by atoms with E-state index in [9.17, 15) is 18.0 Å². The molecule has 136 valence electrons. The minimum Gasteiger partial charge on any atom is -0.337 e. The Hall–Kier alpha value is -2.47. The zero-order chi connectivity index (χ0) is 19.1. The van der Waals surface area contributed by atoms with Gasteiger partial charge in [0, 0.05) is 28.2 Å². The standard InChI is InChI=1S/C19H16ClF3N2O/c1-3-25-16-9-6-13(20)10-15(16)11(2)17(25)18(26)24-14-7-4-12(5-8-14)19(21,22)23/h4-10H,3H2,1-2H3,(H,24,26). The molecule has 1 N–H and O–H groups in total. The number of anilines is 1. The van der Waals surface area contributed by atoms with E-state index in [0.29, 0.717) is 22.9 Å². The lowest BCUT2D eigenvalue weighted by molar-refractivity contribution is -0.137. The van der Waals surface area contributed by atoms with Crippen LogP contribution in [0.1, 0.15) is 28.5 Å². The van der Waals surface area contributed by atoms with Crippen molar-refractivity contribution in [1.82, 2.24) is 4.57 Å². The summed E-state index contributed by atoms with van der Waals surface area (Å²) >= 11 is 6.05. The quantitative estimate of drug-likeness (QED) is 0.603. The molecule has 3 aromatic rings. The zero-order valence-corrected chi connectivity index (χ0v) is 14.9. The van der Waals surface area contributed by atoms with E-state index in [1.807, 2.05) is 24.5 Å². The molecule has 0 saturated heterocycles. The number of carbonyl (C=O) groups is 1. The van der Waals surface area contributed by atoms with Gasteiger partial charge in [0.25, 0.3) is 5.91 Å². The normalized spacial score (nSPS) is 11.8. The number of alkyl halides is 3. The third-order valence-electron chi connectivity index (χ3n) is 4.28. The molecule has 3 rings (SSSR count). The van der Waals surface area contributed by atoms with Crippen molar-refractivity contribution in [3.63, 3.8) is 0 Å². The molecular formula is C19H16ClF3N2O. The Morgan fingerprint density at radius 2 is 1.81 bits per heavy atom. The summed E-state index contributed by atoms with van der Waals surface area (Å²) in [5, 5.41) is 4.11. The van der Waals surface area contributed by atoms with Crippen LogP contribution in [-0.2, 0) is 12.7 Å². The smallest absolute Gasteiger partial charge is 0.337 e. The molecule has 0 aliphatic rings. The molecule has 0 aliphatic heterocycles. The molecule has 7 heteroatoms. The van der Waals surface area contributed by atoms with Crippen molar-refractivity contribution in [3.8, 4) is 0 Å². The van der Waals surface area contributed by atoms with Gasteiger partial charge in [-0.3, -0.25) is 4.79 Å². The number of aromatic nitrogens is 1. The summed E-state index contributed by atoms with van der Waals surface area (Å²) in [6.07, 6.45) is -4.41. The lowest BCUT2D eigenvalue weighted by atomic mass is 10.1. The van der Waals surface area contributed by atoms with Crippen LogP contribution in [0.4, 0.5) is 18.9 Å². The van der Waals surface area contributed by atoms with Gasteiger partial charge in [-0.1, -0.05) is 11.6 Å². The van der Waals surface area contributed by atoms with Gasteiger partial charge < -0.3 is 9.88 Å². The molecule has 26 heavy (non-hydrogen) atoms. The van der Waals surface area contributed by atoms with E-state index in [1.165, 1.54) is 12.1 Å². The molecule has 2 aromatic carbocycles. The Labute approximate surface area is 153 Å². The van der Waals surface area contributed by atoms with Crippen molar-refractivity contribution >= 4 is 34.1 Å². The summed E-state index contributed by atoms with van der Waals surface area (Å²) in [6, 6.07) is 9.77. The van der Waals surface area contributed by atoms with E-state index < -0.39 is 11.7 Å². The molecular weight excluding hydrogens is 365 g/mol. The maximum Gasteiger partial charge on any atom is 0.416 e. The third-order valence-corrected chi connectivity index (χ3v) is 4.52. The number of benzene rings is 2. The second-order valence-corrected chi connectivity index (χ2v) is 6.35. The second-order valence-electron chi connectivity index (χ2n) is 5.91. The highest BCUT2D eigenvalue weighted by atomic mass is 35.5. The fourth-order valence-corrected chi connectivity index (χ4v) is 3.22. The van der Waals surface area contributed by atoms with Crippen LogP contribution < -0.4 is 5.32 Å². The van der Waals surface area contributed by atoms with E-state index in [-0.39, 0.29) is 5.91 Å². The van der Waals surface area contributed by atoms with Crippen LogP contribution in [0, 0.1) is 6.92 Å². The molecule has 0 saturated carbocycles. The van der Waals surface area contributed by atoms with Gasteiger partial charge >= 0.3 is 6.18 Å². The highest BCUT2D eigenvalue weighted by molar-refractivity contribution is 6.31. The van der Waals surface area contributed by atoms with Gasteiger partial charge in [0.1, 0.15) is 5.69 Å². The SMILES string of the molecule is CCn1c(C(=O)Nc2ccc(C(F)(F)F)cc2)c(C)c2cc(Cl)ccc21. The number of aryl methyl sites for hydroxylation is 2. The van der Waals surface area contributed by atoms with Gasteiger partial charge in [0.2, 0.25) is 0 Å². The first-order valence-corrected chi connectivity index (χ1v) is 8.37. The number of nitrogens with zero attached hydrogens (tertiary/aromatic N) is 1. The molecule has 0 unspecified atom stereocenters. The van der Waals surface area contributed by atoms with Crippen molar-refractivity contribution in [1.29, 1.82) is 0 Å². The monoisotopic (exact) mass is 380 g/mol. The summed E-state index contributed by atoms with van der Waals surface area (Å²) in [7, 11) is 0. The molecule has 0 radical (unpaired) electrons. The summed E-state index contributed by atoms with van der Waals surface area (Å²) in [4.78, 5) is 12.8. The first kappa shape index (κ1) is 18.3. The summed E-state index contributed by atoms with van der Waals surface area (Å²) in [5.41, 5.74) is 1.66. The lowest BCUT2D eigenvalue weighted by Crippen LogP contribution is -2.18. The number of hydrogen-bond donors (Lipinski definition) is 1. The first-order chi connectivity index (χ1) is 12.2. The van der Waals surface area contributed by atoms with E-state index in [4.69, 9.17) is 11.6 Å². The molecule has 0 spiro atoms. The van der Waals surface area contributed by atoms with Crippen LogP contribution >= 0.6 is 11.6 Å². The Balaban J connectivity index is 1.96. The summed E-state index contributed by atoms with van der Waals surface area (Å²) in [6.45, 7) is 4.32. The largest absolute Gasteiger partial charge is 0.416 e. The van der Waals surface area contributed by atoms with Crippen LogP contribution in [0.3, 0.4) is 0 Å². The van der Waals surface area contributed by atoms with Crippen molar-refractivity contribution < 1.29 is 18.0 Å². The maximum atomic E-state index is 12.8. The fourth-order valence-electron chi connectivity index (χ4n) is 3.05. The number of amides is 1. The highest BCUT2D eigenvalue weighted by Gasteiger charge is 2.30. The Morgan fingerprint density at radius 3 is 2.38 bits per heavy atom. The molecule has 0 fully saturated rings. The van der Waals surface area contributed by atoms with Crippen molar-refractivity contribution in [2.75, 3.05) is 5.32 Å². The molecule has 0 bridgehead atoms. The third kappa shape index (κ3) is 3.29. The Kier molecular flexibility index (Phi) is 4.71. The van der Waals surface area contributed by atoms with Gasteiger partial charge in [0.15, 0.2) is 0 Å². The van der Waals surface area contributed by atoms with Crippen molar-refractivity contribution in [2.45, 2.75) is 26.6 Å². The van der Waals surface area contributed by atoms with E-state index >= 15 is 0 Å². The topological polar surface area (TPSA) is 34.0 Å². The van der Waals surface area contributed by atoms with Gasteiger partial charge in [-0.05, 0) is 61.9 Å².